The molecule has 2 aliphatic rings. The van der Waals surface area contributed by atoms with E-state index in [1.165, 1.54) is 24.0 Å². The molecule has 0 spiro atoms. The number of aromatic amines is 1. The van der Waals surface area contributed by atoms with Crippen LogP contribution in [0.25, 0.3) is 0 Å². The summed E-state index contributed by atoms with van der Waals surface area (Å²) in [5.74, 6) is 0.0491. The quantitative estimate of drug-likeness (QED) is 0.920. The van der Waals surface area contributed by atoms with Crippen LogP contribution in [-0.4, -0.2) is 58.1 Å². The molecule has 2 heterocycles. The van der Waals surface area contributed by atoms with Gasteiger partial charge in [0.15, 0.2) is 0 Å². The van der Waals surface area contributed by atoms with E-state index in [4.69, 9.17) is 0 Å². The Hall–Kier alpha value is -2.14. The lowest BCUT2D eigenvalue weighted by Gasteiger charge is -2.41. The number of hydrogen-bond donors (Lipinski definition) is 1. The van der Waals surface area contributed by atoms with E-state index in [9.17, 15) is 4.79 Å². The molecule has 0 radical (unpaired) electrons. The molecule has 1 saturated heterocycles. The smallest absolute Gasteiger partial charge is 0.274 e. The molecule has 1 aliphatic carbocycles. The third kappa shape index (κ3) is 2.96. The molecule has 4 rings (SSSR count). The number of piperazine rings is 1. The van der Waals surface area contributed by atoms with E-state index in [-0.39, 0.29) is 5.91 Å². The fraction of sp³-hybridized carbons (Fsp3) is 0.474. The number of fused-ring (bicyclic) bond motifs is 1. The van der Waals surface area contributed by atoms with Crippen molar-refractivity contribution < 1.29 is 4.79 Å². The summed E-state index contributed by atoms with van der Waals surface area (Å²) in [5, 5.41) is 6.95. The first kappa shape index (κ1) is 15.4. The van der Waals surface area contributed by atoms with E-state index in [0.29, 0.717) is 11.7 Å². The molecule has 24 heavy (non-hydrogen) atoms. The van der Waals surface area contributed by atoms with Crippen molar-refractivity contribution in [1.82, 2.24) is 20.0 Å². The van der Waals surface area contributed by atoms with E-state index < -0.39 is 0 Å². The number of aromatic nitrogens is 2. The van der Waals surface area contributed by atoms with Gasteiger partial charge in [-0.05, 0) is 43.4 Å². The maximum Gasteiger partial charge on any atom is 0.274 e. The fourth-order valence-electron chi connectivity index (χ4n) is 3.97. The number of rotatable bonds is 2. The van der Waals surface area contributed by atoms with Gasteiger partial charge in [-0.2, -0.15) is 5.10 Å². The van der Waals surface area contributed by atoms with Gasteiger partial charge in [0.2, 0.25) is 0 Å². The van der Waals surface area contributed by atoms with Crippen LogP contribution in [0.4, 0.5) is 0 Å². The van der Waals surface area contributed by atoms with Crippen LogP contribution in [0.2, 0.25) is 0 Å². The van der Waals surface area contributed by atoms with Crippen LogP contribution in [0.1, 0.15) is 33.7 Å². The van der Waals surface area contributed by atoms with Crippen molar-refractivity contribution in [3.63, 3.8) is 0 Å². The van der Waals surface area contributed by atoms with Gasteiger partial charge in [-0.15, -0.1) is 0 Å². The molecular formula is C19H24N4O. The summed E-state index contributed by atoms with van der Waals surface area (Å²) in [6.45, 7) is 5.43. The summed E-state index contributed by atoms with van der Waals surface area (Å²) >= 11 is 0. The molecule has 5 heteroatoms. The molecule has 1 N–H and O–H groups in total. The minimum atomic E-state index is 0.0491. The molecule has 126 valence electrons. The highest BCUT2D eigenvalue weighted by Crippen LogP contribution is 2.25. The first-order valence-electron chi connectivity index (χ1n) is 8.83. The lowest BCUT2D eigenvalue weighted by molar-refractivity contribution is 0.0548. The van der Waals surface area contributed by atoms with Gasteiger partial charge in [-0.3, -0.25) is 14.8 Å². The zero-order chi connectivity index (χ0) is 16.5. The highest BCUT2D eigenvalue weighted by Gasteiger charge is 2.29. The predicted molar refractivity (Wildman–Crippen MR) is 93.1 cm³/mol. The van der Waals surface area contributed by atoms with Crippen LogP contribution in [0, 0.1) is 6.92 Å². The number of H-pyrrole nitrogens is 1. The monoisotopic (exact) mass is 324 g/mol. The van der Waals surface area contributed by atoms with Crippen LogP contribution in [0.5, 0.6) is 0 Å². The minimum absolute atomic E-state index is 0.0491. The van der Waals surface area contributed by atoms with Crippen molar-refractivity contribution in [3.8, 4) is 0 Å². The second kappa shape index (κ2) is 6.40. The summed E-state index contributed by atoms with van der Waals surface area (Å²) in [4.78, 5) is 17.0. The predicted octanol–water partition coefficient (Wildman–Crippen LogP) is 2.03. The molecule has 1 atom stereocenters. The molecular weight excluding hydrogens is 300 g/mol. The van der Waals surface area contributed by atoms with Crippen molar-refractivity contribution in [2.45, 2.75) is 32.2 Å². The number of aryl methyl sites for hydroxylation is 2. The summed E-state index contributed by atoms with van der Waals surface area (Å²) in [6.07, 6.45) is 3.54. The molecule has 0 saturated carbocycles. The molecule has 1 amide bonds. The van der Waals surface area contributed by atoms with Gasteiger partial charge in [-0.1, -0.05) is 24.3 Å². The summed E-state index contributed by atoms with van der Waals surface area (Å²) in [6, 6.07) is 11.2. The SMILES string of the molecule is Cc1cc(C(=O)N2CCN([C@@H]3CCc4ccccc4C3)CC2)n[nH]1. The second-order valence-electron chi connectivity index (χ2n) is 6.93. The Morgan fingerprint density at radius 2 is 1.92 bits per heavy atom. The minimum Gasteiger partial charge on any atom is -0.335 e. The summed E-state index contributed by atoms with van der Waals surface area (Å²) < 4.78 is 0. The van der Waals surface area contributed by atoms with E-state index in [0.717, 1.165) is 38.3 Å². The van der Waals surface area contributed by atoms with Crippen molar-refractivity contribution in [3.05, 3.63) is 52.8 Å². The largest absolute Gasteiger partial charge is 0.335 e. The molecule has 5 nitrogen and oxygen atoms in total. The molecule has 2 aromatic rings. The highest BCUT2D eigenvalue weighted by atomic mass is 16.2. The van der Waals surface area contributed by atoms with Crippen molar-refractivity contribution in [1.29, 1.82) is 0 Å². The lowest BCUT2D eigenvalue weighted by atomic mass is 9.87. The maximum absolute atomic E-state index is 12.5. The van der Waals surface area contributed by atoms with Gasteiger partial charge >= 0.3 is 0 Å². The first-order chi connectivity index (χ1) is 11.7. The van der Waals surface area contributed by atoms with Gasteiger partial charge in [0, 0.05) is 37.9 Å². The Bertz CT molecular complexity index is 730. The topological polar surface area (TPSA) is 52.2 Å². The molecule has 1 aromatic carbocycles. The van der Waals surface area contributed by atoms with Crippen LogP contribution >= 0.6 is 0 Å². The normalized spacial score (nSPS) is 21.5. The van der Waals surface area contributed by atoms with Gasteiger partial charge in [-0.25, -0.2) is 0 Å². The van der Waals surface area contributed by atoms with E-state index in [1.54, 1.807) is 0 Å². The molecule has 0 unspecified atom stereocenters. The van der Waals surface area contributed by atoms with Gasteiger partial charge in [0.1, 0.15) is 5.69 Å². The zero-order valence-corrected chi connectivity index (χ0v) is 14.2. The number of nitrogens with zero attached hydrogens (tertiary/aromatic N) is 3. The third-order valence-corrected chi connectivity index (χ3v) is 5.36. The Labute approximate surface area is 142 Å². The standard InChI is InChI=1S/C19H24N4O/c1-14-12-18(21-20-14)19(24)23-10-8-22(9-11-23)17-7-6-15-4-2-3-5-16(15)13-17/h2-5,12,17H,6-11,13H2,1H3,(H,20,21)/t17-/m1/s1. The lowest BCUT2D eigenvalue weighted by Crippen LogP contribution is -2.53. The number of carbonyl (C=O) groups is 1. The molecule has 1 fully saturated rings. The Morgan fingerprint density at radius 1 is 1.17 bits per heavy atom. The molecule has 1 aromatic heterocycles. The summed E-state index contributed by atoms with van der Waals surface area (Å²) in [7, 11) is 0. The van der Waals surface area contributed by atoms with E-state index in [2.05, 4.69) is 39.4 Å². The van der Waals surface area contributed by atoms with Gasteiger partial charge in [0.05, 0.1) is 0 Å². The van der Waals surface area contributed by atoms with Crippen molar-refractivity contribution in [2.24, 2.45) is 0 Å². The van der Waals surface area contributed by atoms with E-state index >= 15 is 0 Å². The summed E-state index contributed by atoms with van der Waals surface area (Å²) in [5.41, 5.74) is 4.47. The zero-order valence-electron chi connectivity index (χ0n) is 14.2. The van der Waals surface area contributed by atoms with Crippen LogP contribution in [-0.2, 0) is 12.8 Å². The molecule has 0 bridgehead atoms. The maximum atomic E-state index is 12.5. The van der Waals surface area contributed by atoms with Crippen molar-refractivity contribution >= 4 is 5.91 Å². The highest BCUT2D eigenvalue weighted by molar-refractivity contribution is 5.92. The number of amides is 1. The number of benzene rings is 1. The van der Waals surface area contributed by atoms with Crippen LogP contribution in [0.3, 0.4) is 0 Å². The van der Waals surface area contributed by atoms with Crippen molar-refractivity contribution in [2.75, 3.05) is 26.2 Å². The average molecular weight is 324 g/mol. The van der Waals surface area contributed by atoms with Gasteiger partial charge in [0.25, 0.3) is 5.91 Å². The van der Waals surface area contributed by atoms with E-state index in [1.807, 2.05) is 17.9 Å². The van der Waals surface area contributed by atoms with Crippen LogP contribution < -0.4 is 0 Å². The second-order valence-corrected chi connectivity index (χ2v) is 6.93. The first-order valence-corrected chi connectivity index (χ1v) is 8.83. The average Bonchev–Trinajstić information content (AvgIpc) is 3.07. The number of hydrogen-bond acceptors (Lipinski definition) is 3. The number of nitrogens with one attached hydrogen (secondary N) is 1. The number of carbonyl (C=O) groups excluding carboxylic acids is 1. The molecule has 1 aliphatic heterocycles. The Balaban J connectivity index is 1.36. The third-order valence-electron chi connectivity index (χ3n) is 5.36. The van der Waals surface area contributed by atoms with Crippen LogP contribution in [0.15, 0.2) is 30.3 Å². The van der Waals surface area contributed by atoms with Gasteiger partial charge < -0.3 is 4.90 Å². The Kier molecular flexibility index (Phi) is 4.10. The fourth-order valence-corrected chi connectivity index (χ4v) is 3.97. The Morgan fingerprint density at radius 3 is 2.62 bits per heavy atom.